The summed E-state index contributed by atoms with van der Waals surface area (Å²) in [7, 11) is 0. The zero-order valence-corrected chi connectivity index (χ0v) is 8.00. The highest BCUT2D eigenvalue weighted by molar-refractivity contribution is 5.78. The maximum atomic E-state index is 11.4. The quantitative estimate of drug-likeness (QED) is 0.637. The first-order valence-electron chi connectivity index (χ1n) is 4.29. The van der Waals surface area contributed by atoms with Crippen LogP contribution in [0.15, 0.2) is 0 Å². The minimum Gasteiger partial charge on any atom is -0.342 e. The Labute approximate surface area is 74.0 Å². The molecule has 0 aromatic rings. The van der Waals surface area contributed by atoms with E-state index in [-0.39, 0.29) is 11.8 Å². The van der Waals surface area contributed by atoms with Gasteiger partial charge in [0.25, 0.3) is 0 Å². The van der Waals surface area contributed by atoms with Crippen molar-refractivity contribution in [3.05, 3.63) is 0 Å². The third kappa shape index (κ3) is 3.38. The van der Waals surface area contributed by atoms with Crippen LogP contribution in [0.3, 0.4) is 0 Å². The fourth-order valence-corrected chi connectivity index (χ4v) is 0.974. The van der Waals surface area contributed by atoms with E-state index in [4.69, 9.17) is 5.26 Å². The molecule has 68 valence electrons. The van der Waals surface area contributed by atoms with Crippen molar-refractivity contribution in [1.29, 1.82) is 5.26 Å². The summed E-state index contributed by atoms with van der Waals surface area (Å²) >= 11 is 0. The predicted octanol–water partition coefficient (Wildman–Crippen LogP) is 1.40. The topological polar surface area (TPSA) is 44.1 Å². The second-order valence-electron chi connectivity index (χ2n) is 2.98. The summed E-state index contributed by atoms with van der Waals surface area (Å²) < 4.78 is 0. The van der Waals surface area contributed by atoms with E-state index >= 15 is 0 Å². The first kappa shape index (κ1) is 11.0. The normalized spacial score (nSPS) is 9.58. The van der Waals surface area contributed by atoms with Gasteiger partial charge in [-0.25, -0.2) is 0 Å². The van der Waals surface area contributed by atoms with Gasteiger partial charge in [-0.15, -0.1) is 0 Å². The van der Waals surface area contributed by atoms with Crippen LogP contribution < -0.4 is 0 Å². The highest BCUT2D eigenvalue weighted by atomic mass is 16.2. The Morgan fingerprint density at radius 2 is 2.17 bits per heavy atom. The fourth-order valence-electron chi connectivity index (χ4n) is 0.974. The summed E-state index contributed by atoms with van der Waals surface area (Å²) in [5, 5.41) is 8.34. The molecule has 0 aliphatic heterocycles. The molecule has 0 aromatic carbocycles. The number of nitriles is 1. The molecule has 0 heterocycles. The lowest BCUT2D eigenvalue weighted by atomic mass is 10.2. The Hall–Kier alpha value is -1.04. The van der Waals surface area contributed by atoms with E-state index in [1.807, 2.05) is 26.8 Å². The van der Waals surface area contributed by atoms with Crippen LogP contribution in [0, 0.1) is 17.2 Å². The van der Waals surface area contributed by atoms with Crippen LogP contribution in [0.25, 0.3) is 0 Å². The van der Waals surface area contributed by atoms with E-state index in [0.29, 0.717) is 19.5 Å². The maximum Gasteiger partial charge on any atom is 0.225 e. The van der Waals surface area contributed by atoms with Crippen LogP contribution in [0.5, 0.6) is 0 Å². The predicted molar refractivity (Wildman–Crippen MR) is 47.3 cm³/mol. The number of nitrogens with zero attached hydrogens (tertiary/aromatic N) is 2. The van der Waals surface area contributed by atoms with Crippen LogP contribution in [-0.2, 0) is 4.79 Å². The van der Waals surface area contributed by atoms with Gasteiger partial charge in [0.05, 0.1) is 12.5 Å². The largest absolute Gasteiger partial charge is 0.342 e. The van der Waals surface area contributed by atoms with Crippen molar-refractivity contribution in [1.82, 2.24) is 4.90 Å². The average Bonchev–Trinajstić information content (AvgIpc) is 2.05. The number of carbonyl (C=O) groups is 1. The summed E-state index contributed by atoms with van der Waals surface area (Å²) in [6.07, 6.45) is 0.423. The molecule has 0 aliphatic carbocycles. The summed E-state index contributed by atoms with van der Waals surface area (Å²) in [6.45, 7) is 6.93. The third-order valence-corrected chi connectivity index (χ3v) is 1.68. The molecule has 0 atom stereocenters. The van der Waals surface area contributed by atoms with E-state index in [1.54, 1.807) is 4.90 Å². The van der Waals surface area contributed by atoms with Gasteiger partial charge in [-0.2, -0.15) is 5.26 Å². The molecule has 0 aromatic heterocycles. The lowest BCUT2D eigenvalue weighted by Crippen LogP contribution is -2.34. The van der Waals surface area contributed by atoms with Crippen LogP contribution in [0.1, 0.15) is 27.2 Å². The second kappa shape index (κ2) is 5.59. The van der Waals surface area contributed by atoms with Crippen molar-refractivity contribution < 1.29 is 4.79 Å². The monoisotopic (exact) mass is 168 g/mol. The van der Waals surface area contributed by atoms with Gasteiger partial charge in [0.1, 0.15) is 0 Å². The lowest BCUT2D eigenvalue weighted by Gasteiger charge is -2.21. The Morgan fingerprint density at radius 1 is 1.58 bits per heavy atom. The first-order valence-corrected chi connectivity index (χ1v) is 4.29. The molecule has 0 unspecified atom stereocenters. The van der Waals surface area contributed by atoms with Crippen LogP contribution in [0.2, 0.25) is 0 Å². The van der Waals surface area contributed by atoms with Crippen LogP contribution >= 0.6 is 0 Å². The van der Waals surface area contributed by atoms with Gasteiger partial charge in [0.2, 0.25) is 5.91 Å². The number of amides is 1. The van der Waals surface area contributed by atoms with E-state index in [2.05, 4.69) is 0 Å². The molecule has 0 saturated carbocycles. The average molecular weight is 168 g/mol. The standard InChI is InChI=1S/C9H16N2O/c1-4-11(7-5-6-10)9(12)8(2)3/h8H,4-5,7H2,1-3H3. The van der Waals surface area contributed by atoms with E-state index < -0.39 is 0 Å². The van der Waals surface area contributed by atoms with Gasteiger partial charge in [-0.3, -0.25) is 4.79 Å². The SMILES string of the molecule is CCN(CCC#N)C(=O)C(C)C. The number of hydrogen-bond acceptors (Lipinski definition) is 2. The van der Waals surface area contributed by atoms with E-state index in [0.717, 1.165) is 0 Å². The van der Waals surface area contributed by atoms with Crippen molar-refractivity contribution in [2.45, 2.75) is 27.2 Å². The molecular formula is C9H16N2O. The van der Waals surface area contributed by atoms with E-state index in [1.165, 1.54) is 0 Å². The zero-order valence-electron chi connectivity index (χ0n) is 8.00. The summed E-state index contributed by atoms with van der Waals surface area (Å²) in [5.74, 6) is 0.163. The molecule has 0 N–H and O–H groups in total. The molecular weight excluding hydrogens is 152 g/mol. The Kier molecular flexibility index (Phi) is 5.11. The zero-order chi connectivity index (χ0) is 9.56. The number of hydrogen-bond donors (Lipinski definition) is 0. The molecule has 0 spiro atoms. The molecule has 12 heavy (non-hydrogen) atoms. The van der Waals surface area contributed by atoms with Gasteiger partial charge < -0.3 is 4.90 Å². The maximum absolute atomic E-state index is 11.4. The third-order valence-electron chi connectivity index (χ3n) is 1.68. The van der Waals surface area contributed by atoms with Crippen molar-refractivity contribution in [3.8, 4) is 6.07 Å². The summed E-state index contributed by atoms with van der Waals surface area (Å²) in [4.78, 5) is 13.1. The Bertz CT molecular complexity index is 181. The molecule has 0 radical (unpaired) electrons. The summed E-state index contributed by atoms with van der Waals surface area (Å²) in [6, 6.07) is 2.03. The smallest absolute Gasteiger partial charge is 0.225 e. The molecule has 0 rings (SSSR count). The fraction of sp³-hybridized carbons (Fsp3) is 0.778. The van der Waals surface area contributed by atoms with Gasteiger partial charge in [0, 0.05) is 19.0 Å². The molecule has 0 fully saturated rings. The van der Waals surface area contributed by atoms with Gasteiger partial charge in [-0.05, 0) is 6.92 Å². The summed E-state index contributed by atoms with van der Waals surface area (Å²) in [5.41, 5.74) is 0. The molecule has 1 amide bonds. The second-order valence-corrected chi connectivity index (χ2v) is 2.98. The van der Waals surface area contributed by atoms with Crippen LogP contribution in [-0.4, -0.2) is 23.9 Å². The molecule has 0 aliphatic rings. The Balaban J connectivity index is 3.98. The molecule has 0 bridgehead atoms. The minimum atomic E-state index is 0.0312. The van der Waals surface area contributed by atoms with E-state index in [9.17, 15) is 4.79 Å². The molecule has 3 nitrogen and oxygen atoms in total. The Morgan fingerprint density at radius 3 is 2.50 bits per heavy atom. The number of carbonyl (C=O) groups excluding carboxylic acids is 1. The number of rotatable bonds is 4. The van der Waals surface area contributed by atoms with Crippen molar-refractivity contribution >= 4 is 5.91 Å². The minimum absolute atomic E-state index is 0.0312. The van der Waals surface area contributed by atoms with Gasteiger partial charge in [0.15, 0.2) is 0 Å². The molecule has 0 saturated heterocycles. The lowest BCUT2D eigenvalue weighted by molar-refractivity contribution is -0.134. The first-order chi connectivity index (χ1) is 5.63. The molecule has 3 heteroatoms. The van der Waals surface area contributed by atoms with Gasteiger partial charge >= 0.3 is 0 Å². The van der Waals surface area contributed by atoms with Gasteiger partial charge in [-0.1, -0.05) is 13.8 Å². The highest BCUT2D eigenvalue weighted by Crippen LogP contribution is 2.01. The van der Waals surface area contributed by atoms with Crippen molar-refractivity contribution in [2.75, 3.05) is 13.1 Å². The van der Waals surface area contributed by atoms with Crippen LogP contribution in [0.4, 0.5) is 0 Å². The van der Waals surface area contributed by atoms with Crippen molar-refractivity contribution in [2.24, 2.45) is 5.92 Å². The van der Waals surface area contributed by atoms with Crippen molar-refractivity contribution in [3.63, 3.8) is 0 Å². The highest BCUT2D eigenvalue weighted by Gasteiger charge is 2.13.